The number of nitrogens with zero attached hydrogens (tertiary/aromatic N) is 2. The number of carbonyl (C=O) groups is 2. The van der Waals surface area contributed by atoms with Crippen molar-refractivity contribution >= 4 is 12.3 Å². The van der Waals surface area contributed by atoms with Crippen LogP contribution in [-0.4, -0.2) is 48.4 Å². The average molecular weight is 213 g/mol. The van der Waals surface area contributed by atoms with E-state index in [0.29, 0.717) is 26.2 Å². The van der Waals surface area contributed by atoms with E-state index >= 15 is 0 Å². The fourth-order valence-electron chi connectivity index (χ4n) is 1.25. The lowest BCUT2D eigenvalue weighted by Gasteiger charge is -2.34. The van der Waals surface area contributed by atoms with Gasteiger partial charge in [0, 0.05) is 31.6 Å². The highest BCUT2D eigenvalue weighted by Gasteiger charge is 2.24. The van der Waals surface area contributed by atoms with E-state index < -0.39 is 0 Å². The van der Waals surface area contributed by atoms with E-state index in [1.54, 1.807) is 4.90 Å². The van der Waals surface area contributed by atoms with E-state index in [1.807, 2.05) is 25.8 Å². The number of hydrogen-bond acceptors (Lipinski definition) is 3. The number of rotatable bonds is 2. The van der Waals surface area contributed by atoms with Crippen LogP contribution in [0.2, 0.25) is 0 Å². The molecule has 0 aromatic rings. The molecule has 1 saturated heterocycles. The maximum absolute atomic E-state index is 11.6. The zero-order valence-electron chi connectivity index (χ0n) is 9.62. The number of nitrogens with one attached hydrogen (secondary N) is 1. The Morgan fingerprint density at radius 2 is 1.73 bits per heavy atom. The van der Waals surface area contributed by atoms with Gasteiger partial charge in [-0.1, -0.05) is 20.8 Å². The van der Waals surface area contributed by atoms with Crippen molar-refractivity contribution in [3.8, 4) is 0 Å². The normalized spacial score (nSPS) is 18.7. The lowest BCUT2D eigenvalue weighted by atomic mass is 9.96. The van der Waals surface area contributed by atoms with Crippen molar-refractivity contribution in [2.75, 3.05) is 26.2 Å². The van der Waals surface area contributed by atoms with Crippen LogP contribution in [0.3, 0.4) is 0 Å². The monoisotopic (exact) mass is 213 g/mol. The minimum atomic E-state index is -0.373. The Hall–Kier alpha value is -1.10. The molecule has 0 radical (unpaired) electrons. The molecule has 1 rings (SSSR count). The molecule has 1 heterocycles. The summed E-state index contributed by atoms with van der Waals surface area (Å²) >= 11 is 0. The first-order chi connectivity index (χ1) is 6.93. The highest BCUT2D eigenvalue weighted by molar-refractivity contribution is 5.80. The van der Waals surface area contributed by atoms with Gasteiger partial charge in [0.1, 0.15) is 0 Å². The van der Waals surface area contributed by atoms with Gasteiger partial charge in [-0.05, 0) is 0 Å². The van der Waals surface area contributed by atoms with Gasteiger partial charge >= 0.3 is 0 Å². The van der Waals surface area contributed by atoms with Crippen LogP contribution in [0.25, 0.3) is 0 Å². The summed E-state index contributed by atoms with van der Waals surface area (Å²) in [7, 11) is 0. The van der Waals surface area contributed by atoms with Crippen molar-refractivity contribution in [1.29, 1.82) is 0 Å². The number of hydrazine groups is 1. The van der Waals surface area contributed by atoms with Crippen LogP contribution in [0.1, 0.15) is 20.8 Å². The van der Waals surface area contributed by atoms with Crippen LogP contribution in [0.15, 0.2) is 0 Å². The molecule has 0 unspecified atom stereocenters. The summed E-state index contributed by atoms with van der Waals surface area (Å²) in [5.74, 6) is 0.0158. The maximum Gasteiger partial charge on any atom is 0.239 e. The Kier molecular flexibility index (Phi) is 3.68. The third kappa shape index (κ3) is 3.51. The van der Waals surface area contributed by atoms with Crippen molar-refractivity contribution < 1.29 is 9.59 Å². The van der Waals surface area contributed by atoms with Gasteiger partial charge in [-0.3, -0.25) is 15.0 Å². The third-order valence-electron chi connectivity index (χ3n) is 2.40. The Morgan fingerprint density at radius 1 is 1.20 bits per heavy atom. The van der Waals surface area contributed by atoms with Gasteiger partial charge in [0.15, 0.2) is 0 Å². The maximum atomic E-state index is 11.6. The van der Waals surface area contributed by atoms with E-state index in [4.69, 9.17) is 0 Å². The second kappa shape index (κ2) is 4.61. The van der Waals surface area contributed by atoms with E-state index in [0.717, 1.165) is 6.41 Å². The predicted molar refractivity (Wildman–Crippen MR) is 56.8 cm³/mol. The van der Waals surface area contributed by atoms with Gasteiger partial charge < -0.3 is 4.90 Å². The number of piperazine rings is 1. The van der Waals surface area contributed by atoms with Crippen LogP contribution in [0.5, 0.6) is 0 Å². The Balaban J connectivity index is 2.36. The van der Waals surface area contributed by atoms with Gasteiger partial charge in [0.25, 0.3) is 0 Å². The van der Waals surface area contributed by atoms with E-state index in [2.05, 4.69) is 5.43 Å². The molecule has 1 fully saturated rings. The summed E-state index contributed by atoms with van der Waals surface area (Å²) in [6, 6.07) is 0. The summed E-state index contributed by atoms with van der Waals surface area (Å²) in [6.07, 6.45) is 0.850. The van der Waals surface area contributed by atoms with Gasteiger partial charge in [0.05, 0.1) is 0 Å². The number of amides is 2. The summed E-state index contributed by atoms with van der Waals surface area (Å²) in [4.78, 5) is 23.8. The molecule has 0 bridgehead atoms. The molecule has 86 valence electrons. The van der Waals surface area contributed by atoms with E-state index in [9.17, 15) is 9.59 Å². The van der Waals surface area contributed by atoms with Crippen molar-refractivity contribution in [3.05, 3.63) is 0 Å². The summed E-state index contributed by atoms with van der Waals surface area (Å²) in [5, 5.41) is 1.87. The molecular weight excluding hydrogens is 194 g/mol. The van der Waals surface area contributed by atoms with E-state index in [1.165, 1.54) is 0 Å². The van der Waals surface area contributed by atoms with Crippen LogP contribution in [-0.2, 0) is 9.59 Å². The molecule has 1 aliphatic heterocycles. The SMILES string of the molecule is CC(C)(C)C(=O)NN1CCN(C=O)CC1. The zero-order chi connectivity index (χ0) is 11.5. The summed E-state index contributed by atoms with van der Waals surface area (Å²) < 4.78 is 0. The Bertz CT molecular complexity index is 240. The molecule has 5 heteroatoms. The van der Waals surface area contributed by atoms with Crippen LogP contribution >= 0.6 is 0 Å². The summed E-state index contributed by atoms with van der Waals surface area (Å²) in [6.45, 7) is 8.38. The van der Waals surface area contributed by atoms with Crippen molar-refractivity contribution in [3.63, 3.8) is 0 Å². The van der Waals surface area contributed by atoms with Crippen molar-refractivity contribution in [2.24, 2.45) is 5.41 Å². The first kappa shape index (κ1) is 12.0. The third-order valence-corrected chi connectivity index (χ3v) is 2.40. The largest absolute Gasteiger partial charge is 0.343 e. The van der Waals surface area contributed by atoms with Gasteiger partial charge in [-0.2, -0.15) is 0 Å². The minimum absolute atomic E-state index is 0.0158. The van der Waals surface area contributed by atoms with Crippen molar-refractivity contribution in [1.82, 2.24) is 15.3 Å². The lowest BCUT2D eigenvalue weighted by Crippen LogP contribution is -2.55. The summed E-state index contributed by atoms with van der Waals surface area (Å²) in [5.41, 5.74) is 2.48. The topological polar surface area (TPSA) is 52.7 Å². The fraction of sp³-hybridized carbons (Fsp3) is 0.800. The molecule has 1 N–H and O–H groups in total. The lowest BCUT2D eigenvalue weighted by molar-refractivity contribution is -0.135. The van der Waals surface area contributed by atoms with E-state index in [-0.39, 0.29) is 11.3 Å². The standard InChI is InChI=1S/C10H19N3O2/c1-10(2,3)9(15)11-13-6-4-12(8-14)5-7-13/h8H,4-7H2,1-3H3,(H,11,15). The first-order valence-electron chi connectivity index (χ1n) is 5.19. The second-order valence-corrected chi connectivity index (χ2v) is 4.82. The Labute approximate surface area is 90.4 Å². The molecular formula is C10H19N3O2. The first-order valence-corrected chi connectivity index (χ1v) is 5.19. The zero-order valence-corrected chi connectivity index (χ0v) is 9.62. The molecule has 0 saturated carbocycles. The second-order valence-electron chi connectivity index (χ2n) is 4.82. The average Bonchev–Trinajstić information content (AvgIpc) is 2.17. The Morgan fingerprint density at radius 3 is 2.13 bits per heavy atom. The molecule has 0 aromatic heterocycles. The molecule has 5 nitrogen and oxygen atoms in total. The molecule has 0 aliphatic carbocycles. The molecule has 0 atom stereocenters. The van der Waals surface area contributed by atoms with Crippen LogP contribution in [0.4, 0.5) is 0 Å². The molecule has 2 amide bonds. The highest BCUT2D eigenvalue weighted by atomic mass is 16.2. The number of hydrogen-bond donors (Lipinski definition) is 1. The van der Waals surface area contributed by atoms with Gasteiger partial charge in [-0.25, -0.2) is 5.01 Å². The van der Waals surface area contributed by atoms with Crippen LogP contribution in [0, 0.1) is 5.41 Å². The molecule has 1 aliphatic rings. The highest BCUT2D eigenvalue weighted by Crippen LogP contribution is 2.12. The van der Waals surface area contributed by atoms with Gasteiger partial charge in [0.2, 0.25) is 12.3 Å². The minimum Gasteiger partial charge on any atom is -0.343 e. The van der Waals surface area contributed by atoms with Crippen LogP contribution < -0.4 is 5.43 Å². The molecule has 15 heavy (non-hydrogen) atoms. The van der Waals surface area contributed by atoms with Gasteiger partial charge in [-0.15, -0.1) is 0 Å². The molecule has 0 aromatic carbocycles. The molecule has 0 spiro atoms. The predicted octanol–water partition coefficient (Wildman–Crippen LogP) is -0.162. The smallest absolute Gasteiger partial charge is 0.239 e. The quantitative estimate of drug-likeness (QED) is 0.648. The number of carbonyl (C=O) groups excluding carboxylic acids is 2. The fourth-order valence-corrected chi connectivity index (χ4v) is 1.25. The van der Waals surface area contributed by atoms with Crippen molar-refractivity contribution in [2.45, 2.75) is 20.8 Å².